The summed E-state index contributed by atoms with van der Waals surface area (Å²) in [6, 6.07) is 0. The molecule has 0 bridgehead atoms. The molecule has 108 valence electrons. The Kier molecular flexibility index (Phi) is 8.31. The Morgan fingerprint density at radius 1 is 1.11 bits per heavy atom. The number of unbranched alkanes of at least 4 members (excludes halogenated alkanes) is 5. The minimum absolute atomic E-state index is 0.107. The molecule has 0 aliphatic carbocycles. The maximum Gasteiger partial charge on any atom is 0.163 e. The molecule has 0 radical (unpaired) electrons. The summed E-state index contributed by atoms with van der Waals surface area (Å²) < 4.78 is 16.8. The molecule has 3 nitrogen and oxygen atoms in total. The van der Waals surface area contributed by atoms with Crippen LogP contribution in [0, 0.1) is 0 Å². The lowest BCUT2D eigenvalue weighted by molar-refractivity contribution is -0.145. The Bertz CT molecular complexity index is 209. The van der Waals surface area contributed by atoms with Crippen molar-refractivity contribution in [3.63, 3.8) is 0 Å². The van der Waals surface area contributed by atoms with Gasteiger partial charge in [-0.15, -0.1) is 0 Å². The number of ether oxygens (including phenoxy) is 3. The van der Waals surface area contributed by atoms with Gasteiger partial charge >= 0.3 is 0 Å². The SMILES string of the molecule is CC1(C)OC[C@@H](COCCCCCCCCS)O1. The molecule has 0 spiro atoms. The quantitative estimate of drug-likeness (QED) is 0.489. The Balaban J connectivity index is 1.82. The summed E-state index contributed by atoms with van der Waals surface area (Å²) in [7, 11) is 0. The summed E-state index contributed by atoms with van der Waals surface area (Å²) in [6.07, 6.45) is 7.72. The smallest absolute Gasteiger partial charge is 0.163 e. The van der Waals surface area contributed by atoms with E-state index in [9.17, 15) is 0 Å². The van der Waals surface area contributed by atoms with Gasteiger partial charge in [0.15, 0.2) is 5.79 Å². The van der Waals surface area contributed by atoms with Gasteiger partial charge in [0, 0.05) is 6.61 Å². The lowest BCUT2D eigenvalue weighted by Gasteiger charge is -2.17. The summed E-state index contributed by atoms with van der Waals surface area (Å²) in [4.78, 5) is 0. The van der Waals surface area contributed by atoms with Crippen molar-refractivity contribution in [3.05, 3.63) is 0 Å². The van der Waals surface area contributed by atoms with Gasteiger partial charge in [0.1, 0.15) is 6.10 Å². The highest BCUT2D eigenvalue weighted by Gasteiger charge is 2.32. The molecule has 0 amide bonds. The van der Waals surface area contributed by atoms with E-state index in [0.29, 0.717) is 13.2 Å². The minimum Gasteiger partial charge on any atom is -0.379 e. The monoisotopic (exact) mass is 276 g/mol. The van der Waals surface area contributed by atoms with Gasteiger partial charge in [-0.1, -0.05) is 25.7 Å². The summed E-state index contributed by atoms with van der Waals surface area (Å²) in [5.41, 5.74) is 0. The molecule has 1 fully saturated rings. The van der Waals surface area contributed by atoms with E-state index >= 15 is 0 Å². The van der Waals surface area contributed by atoms with Crippen LogP contribution in [0.2, 0.25) is 0 Å². The van der Waals surface area contributed by atoms with Gasteiger partial charge in [-0.3, -0.25) is 0 Å². The largest absolute Gasteiger partial charge is 0.379 e. The van der Waals surface area contributed by atoms with Crippen molar-refractivity contribution < 1.29 is 14.2 Å². The third-order valence-electron chi connectivity index (χ3n) is 3.07. The van der Waals surface area contributed by atoms with Crippen molar-refractivity contribution in [2.75, 3.05) is 25.6 Å². The normalized spacial score (nSPS) is 22.5. The zero-order valence-electron chi connectivity index (χ0n) is 11.8. The van der Waals surface area contributed by atoms with Gasteiger partial charge < -0.3 is 14.2 Å². The number of rotatable bonds is 10. The van der Waals surface area contributed by atoms with Crippen molar-refractivity contribution in [1.29, 1.82) is 0 Å². The van der Waals surface area contributed by atoms with Gasteiger partial charge in [0.25, 0.3) is 0 Å². The van der Waals surface area contributed by atoms with E-state index < -0.39 is 5.79 Å². The molecule has 1 atom stereocenters. The predicted octanol–water partition coefficient (Wildman–Crippen LogP) is 3.42. The molecular formula is C14H28O3S. The first-order chi connectivity index (χ1) is 8.64. The van der Waals surface area contributed by atoms with Gasteiger partial charge in [-0.25, -0.2) is 0 Å². The Labute approximate surface area is 117 Å². The maximum absolute atomic E-state index is 5.67. The third-order valence-corrected chi connectivity index (χ3v) is 3.38. The Hall–Kier alpha value is 0.230. The molecule has 4 heteroatoms. The molecule has 1 aliphatic heterocycles. The molecule has 0 aromatic heterocycles. The van der Waals surface area contributed by atoms with Gasteiger partial charge in [0.05, 0.1) is 13.2 Å². The van der Waals surface area contributed by atoms with Gasteiger partial charge in [-0.2, -0.15) is 12.6 Å². The van der Waals surface area contributed by atoms with Crippen LogP contribution in [0.15, 0.2) is 0 Å². The predicted molar refractivity (Wildman–Crippen MR) is 77.3 cm³/mol. The molecule has 0 saturated carbocycles. The van der Waals surface area contributed by atoms with E-state index in [1.807, 2.05) is 13.8 Å². The maximum atomic E-state index is 5.67. The van der Waals surface area contributed by atoms with E-state index in [0.717, 1.165) is 18.8 Å². The highest BCUT2D eigenvalue weighted by atomic mass is 32.1. The minimum atomic E-state index is -0.430. The molecule has 0 unspecified atom stereocenters. The van der Waals surface area contributed by atoms with Crippen LogP contribution in [0.1, 0.15) is 52.4 Å². The lowest BCUT2D eigenvalue weighted by atomic mass is 10.1. The topological polar surface area (TPSA) is 27.7 Å². The van der Waals surface area contributed by atoms with Crippen molar-refractivity contribution in [1.82, 2.24) is 0 Å². The average molecular weight is 276 g/mol. The van der Waals surface area contributed by atoms with E-state index in [1.54, 1.807) is 0 Å². The summed E-state index contributed by atoms with van der Waals surface area (Å²) in [5.74, 6) is 0.587. The first-order valence-electron chi connectivity index (χ1n) is 7.14. The molecule has 1 rings (SSSR count). The number of hydrogen-bond acceptors (Lipinski definition) is 4. The number of thiol groups is 1. The van der Waals surface area contributed by atoms with Crippen LogP contribution in [0.3, 0.4) is 0 Å². The van der Waals surface area contributed by atoms with Gasteiger partial charge in [0.2, 0.25) is 0 Å². The Morgan fingerprint density at radius 3 is 2.39 bits per heavy atom. The fourth-order valence-corrected chi connectivity index (χ4v) is 2.31. The molecule has 0 aromatic carbocycles. The second kappa shape index (κ2) is 9.18. The second-order valence-electron chi connectivity index (χ2n) is 5.37. The molecular weight excluding hydrogens is 248 g/mol. The van der Waals surface area contributed by atoms with Crippen LogP contribution >= 0.6 is 12.6 Å². The van der Waals surface area contributed by atoms with E-state index in [2.05, 4.69) is 12.6 Å². The van der Waals surface area contributed by atoms with E-state index in [-0.39, 0.29) is 6.10 Å². The highest BCUT2D eigenvalue weighted by Crippen LogP contribution is 2.22. The van der Waals surface area contributed by atoms with Crippen molar-refractivity contribution in [2.45, 2.75) is 64.3 Å². The van der Waals surface area contributed by atoms with Crippen LogP contribution in [0.4, 0.5) is 0 Å². The summed E-state index contributed by atoms with van der Waals surface area (Å²) in [6.45, 7) is 6.03. The van der Waals surface area contributed by atoms with E-state index in [1.165, 1.54) is 32.1 Å². The molecule has 0 N–H and O–H groups in total. The standard InChI is InChI=1S/C14H28O3S/c1-14(2)16-12-13(17-14)11-15-9-7-5-3-4-6-8-10-18/h13,18H,3-12H2,1-2H3/t13-/m1/s1. The van der Waals surface area contributed by atoms with Crippen LogP contribution in [-0.2, 0) is 14.2 Å². The fraction of sp³-hybridized carbons (Fsp3) is 1.00. The van der Waals surface area contributed by atoms with Crippen LogP contribution in [0.25, 0.3) is 0 Å². The average Bonchev–Trinajstić information content (AvgIpc) is 2.67. The molecule has 18 heavy (non-hydrogen) atoms. The zero-order valence-corrected chi connectivity index (χ0v) is 12.7. The lowest BCUT2D eigenvalue weighted by Crippen LogP contribution is -2.24. The van der Waals surface area contributed by atoms with E-state index in [4.69, 9.17) is 14.2 Å². The molecule has 1 aliphatic rings. The molecule has 1 heterocycles. The van der Waals surface area contributed by atoms with Crippen molar-refractivity contribution in [3.8, 4) is 0 Å². The van der Waals surface area contributed by atoms with Crippen LogP contribution < -0.4 is 0 Å². The van der Waals surface area contributed by atoms with Crippen LogP contribution in [-0.4, -0.2) is 37.5 Å². The zero-order chi connectivity index (χ0) is 13.3. The Morgan fingerprint density at radius 2 is 1.78 bits per heavy atom. The first kappa shape index (κ1) is 16.3. The fourth-order valence-electron chi connectivity index (χ4n) is 2.08. The summed E-state index contributed by atoms with van der Waals surface area (Å²) >= 11 is 4.20. The summed E-state index contributed by atoms with van der Waals surface area (Å²) in [5, 5.41) is 0. The van der Waals surface area contributed by atoms with Crippen molar-refractivity contribution >= 4 is 12.6 Å². The van der Waals surface area contributed by atoms with Gasteiger partial charge in [-0.05, 0) is 32.4 Å². The van der Waals surface area contributed by atoms with Crippen molar-refractivity contribution in [2.24, 2.45) is 0 Å². The number of hydrogen-bond donors (Lipinski definition) is 1. The van der Waals surface area contributed by atoms with Crippen LogP contribution in [0.5, 0.6) is 0 Å². The highest BCUT2D eigenvalue weighted by molar-refractivity contribution is 7.80. The molecule has 0 aromatic rings. The third kappa shape index (κ3) is 7.62. The molecule has 1 saturated heterocycles. The first-order valence-corrected chi connectivity index (χ1v) is 7.78. The second-order valence-corrected chi connectivity index (χ2v) is 5.82.